The first-order valence-corrected chi connectivity index (χ1v) is 14.0. The Balaban J connectivity index is 1.43. The van der Waals surface area contributed by atoms with Gasteiger partial charge in [-0.15, -0.1) is 28.1 Å². The van der Waals surface area contributed by atoms with Crippen LogP contribution in [0.25, 0.3) is 0 Å². The lowest BCUT2D eigenvalue weighted by atomic mass is 9.97. The number of aryl methyl sites for hydroxylation is 2. The Bertz CT molecular complexity index is 1270. The Kier molecular flexibility index (Phi) is 8.83. The average molecular weight is 522 g/mol. The highest BCUT2D eigenvalue weighted by Gasteiger charge is 2.22. The van der Waals surface area contributed by atoms with Gasteiger partial charge in [0.25, 0.3) is 0 Å². The highest BCUT2D eigenvalue weighted by Crippen LogP contribution is 2.36. The van der Waals surface area contributed by atoms with Gasteiger partial charge in [0.15, 0.2) is 17.1 Å². The quantitative estimate of drug-likeness (QED) is 0.265. The molecule has 2 aromatic heterocycles. The molecule has 7 nitrogen and oxygen atoms in total. The number of aromatic nitrogens is 3. The number of hydrogen-bond acceptors (Lipinski definition) is 7. The smallest absolute Gasteiger partial charge is 0.235 e. The molecule has 0 saturated heterocycles. The molecule has 1 unspecified atom stereocenters. The number of nitriles is 1. The van der Waals surface area contributed by atoms with E-state index in [0.717, 1.165) is 42.6 Å². The number of carbonyl (C=O) groups excluding carboxylic acids is 1. The van der Waals surface area contributed by atoms with Crippen molar-refractivity contribution in [3.05, 3.63) is 64.3 Å². The maximum atomic E-state index is 12.8. The summed E-state index contributed by atoms with van der Waals surface area (Å²) in [6, 6.07) is 10.2. The lowest BCUT2D eigenvalue weighted by molar-refractivity contribution is -0.113. The normalized spacial score (nSPS) is 14.1. The summed E-state index contributed by atoms with van der Waals surface area (Å²) in [5, 5.41) is 22.7. The van der Waals surface area contributed by atoms with E-state index < -0.39 is 0 Å². The number of thioether (sulfide) groups is 1. The van der Waals surface area contributed by atoms with Crippen molar-refractivity contribution in [3.8, 4) is 11.8 Å². The lowest BCUT2D eigenvalue weighted by Crippen LogP contribution is -2.15. The summed E-state index contributed by atoms with van der Waals surface area (Å²) >= 11 is 2.87. The van der Waals surface area contributed by atoms with Crippen molar-refractivity contribution < 1.29 is 9.53 Å². The first-order chi connectivity index (χ1) is 17.5. The molecule has 4 rings (SSSR count). The predicted molar refractivity (Wildman–Crippen MR) is 145 cm³/mol. The maximum Gasteiger partial charge on any atom is 0.235 e. The second-order valence-corrected chi connectivity index (χ2v) is 10.9. The minimum absolute atomic E-state index is 0.163. The van der Waals surface area contributed by atoms with Crippen LogP contribution < -0.4 is 10.1 Å². The molecule has 1 aromatic carbocycles. The van der Waals surface area contributed by atoms with Crippen molar-refractivity contribution in [2.75, 3.05) is 11.1 Å². The molecule has 0 spiro atoms. The van der Waals surface area contributed by atoms with Crippen molar-refractivity contribution in [1.29, 1.82) is 5.26 Å². The number of hydrogen-bond donors (Lipinski definition) is 1. The van der Waals surface area contributed by atoms with E-state index in [-0.39, 0.29) is 17.8 Å². The first kappa shape index (κ1) is 26.0. The topological polar surface area (TPSA) is 92.8 Å². The van der Waals surface area contributed by atoms with Crippen molar-refractivity contribution in [2.45, 2.75) is 70.2 Å². The standard InChI is InChI=1S/C27H31N5O2S2/c1-4-14-32-25(19(3)34-20-11-9-10-18(2)15-20)30-31-27(32)35-17-24(33)29-26-22(16-28)21-12-7-5-6-8-13-23(21)36-26/h4,9-11,15,19H,1,5-8,12-14,17H2,2-3H3,(H,29,33). The van der Waals surface area contributed by atoms with E-state index in [1.165, 1.54) is 29.5 Å². The number of nitrogens with one attached hydrogen (secondary N) is 1. The van der Waals surface area contributed by atoms with Gasteiger partial charge in [0.05, 0.1) is 11.3 Å². The SMILES string of the molecule is C=CCn1c(SCC(=O)Nc2sc3c(c2C#N)CCCCCC3)nnc1C(C)Oc1cccc(C)c1. The van der Waals surface area contributed by atoms with Crippen molar-refractivity contribution in [1.82, 2.24) is 14.8 Å². The summed E-state index contributed by atoms with van der Waals surface area (Å²) in [4.78, 5) is 14.1. The number of rotatable bonds is 9. The third kappa shape index (κ3) is 6.18. The molecule has 0 saturated carbocycles. The number of fused-ring (bicyclic) bond motifs is 1. The molecule has 9 heteroatoms. The summed E-state index contributed by atoms with van der Waals surface area (Å²) in [5.74, 6) is 1.44. The molecule has 0 bridgehead atoms. The third-order valence-corrected chi connectivity index (χ3v) is 8.27. The summed E-state index contributed by atoms with van der Waals surface area (Å²) in [6.45, 7) is 8.31. The van der Waals surface area contributed by atoms with Crippen LogP contribution in [0.5, 0.6) is 5.75 Å². The van der Waals surface area contributed by atoms with Crippen molar-refractivity contribution in [3.63, 3.8) is 0 Å². The molecule has 188 valence electrons. The number of amides is 1. The monoisotopic (exact) mass is 521 g/mol. The number of benzene rings is 1. The van der Waals surface area contributed by atoms with E-state index in [4.69, 9.17) is 4.74 Å². The predicted octanol–water partition coefficient (Wildman–Crippen LogP) is 6.24. The van der Waals surface area contributed by atoms with E-state index in [0.29, 0.717) is 28.1 Å². The van der Waals surface area contributed by atoms with Crippen LogP contribution in [0.15, 0.2) is 42.1 Å². The van der Waals surface area contributed by atoms with Crippen LogP contribution in [0, 0.1) is 18.3 Å². The highest BCUT2D eigenvalue weighted by atomic mass is 32.2. The molecule has 1 atom stereocenters. The Morgan fingerprint density at radius 3 is 2.89 bits per heavy atom. The second kappa shape index (κ2) is 12.2. The summed E-state index contributed by atoms with van der Waals surface area (Å²) in [6.07, 6.45) is 7.98. The highest BCUT2D eigenvalue weighted by molar-refractivity contribution is 7.99. The van der Waals surface area contributed by atoms with Gasteiger partial charge in [0, 0.05) is 11.4 Å². The van der Waals surface area contributed by atoms with Crippen LogP contribution >= 0.6 is 23.1 Å². The van der Waals surface area contributed by atoms with E-state index in [1.54, 1.807) is 17.4 Å². The van der Waals surface area contributed by atoms with E-state index in [9.17, 15) is 10.1 Å². The Morgan fingerprint density at radius 2 is 2.14 bits per heavy atom. The Labute approximate surface area is 220 Å². The number of thiophene rings is 1. The van der Waals surface area contributed by atoms with Gasteiger partial charge in [-0.1, -0.05) is 42.8 Å². The number of nitrogens with zero attached hydrogens (tertiary/aromatic N) is 4. The molecule has 1 amide bonds. The molecule has 1 N–H and O–H groups in total. The fourth-order valence-corrected chi connectivity index (χ4v) is 6.38. The van der Waals surface area contributed by atoms with Crippen LogP contribution in [0.4, 0.5) is 5.00 Å². The van der Waals surface area contributed by atoms with Gasteiger partial charge < -0.3 is 10.1 Å². The molecule has 3 aromatic rings. The van der Waals surface area contributed by atoms with Gasteiger partial charge in [-0.2, -0.15) is 5.26 Å². The van der Waals surface area contributed by atoms with Crippen LogP contribution in [0.1, 0.15) is 66.1 Å². The van der Waals surface area contributed by atoms with E-state index in [1.807, 2.05) is 42.7 Å². The van der Waals surface area contributed by atoms with Gasteiger partial charge >= 0.3 is 0 Å². The van der Waals surface area contributed by atoms with Crippen molar-refractivity contribution in [2.24, 2.45) is 0 Å². The molecule has 0 radical (unpaired) electrons. The molecular formula is C27H31N5O2S2. The first-order valence-electron chi connectivity index (χ1n) is 12.2. The minimum Gasteiger partial charge on any atom is -0.483 e. The van der Waals surface area contributed by atoms with E-state index in [2.05, 4.69) is 28.2 Å². The molecule has 2 heterocycles. The van der Waals surface area contributed by atoms with Gasteiger partial charge in [-0.25, -0.2) is 0 Å². The fourth-order valence-electron chi connectivity index (χ4n) is 4.37. The maximum absolute atomic E-state index is 12.8. The summed E-state index contributed by atoms with van der Waals surface area (Å²) < 4.78 is 8.01. The zero-order valence-electron chi connectivity index (χ0n) is 20.7. The number of ether oxygens (including phenoxy) is 1. The minimum atomic E-state index is -0.328. The molecule has 1 aliphatic rings. The van der Waals surface area contributed by atoms with Gasteiger partial charge in [-0.05, 0) is 62.8 Å². The average Bonchev–Trinajstić information content (AvgIpc) is 3.38. The molecular weight excluding hydrogens is 490 g/mol. The molecule has 1 aliphatic carbocycles. The van der Waals surface area contributed by atoms with Crippen LogP contribution in [0.3, 0.4) is 0 Å². The van der Waals surface area contributed by atoms with E-state index >= 15 is 0 Å². The lowest BCUT2D eigenvalue weighted by Gasteiger charge is -2.16. The fraction of sp³-hybridized carbons (Fsp3) is 0.407. The van der Waals surface area contributed by atoms with Crippen molar-refractivity contribution >= 4 is 34.0 Å². The zero-order chi connectivity index (χ0) is 25.5. The molecule has 0 aliphatic heterocycles. The van der Waals surface area contributed by atoms with Gasteiger partial charge in [-0.3, -0.25) is 9.36 Å². The summed E-state index contributed by atoms with van der Waals surface area (Å²) in [5.41, 5.74) is 2.88. The van der Waals surface area contributed by atoms with Crippen LogP contribution in [-0.2, 0) is 24.2 Å². The molecule has 36 heavy (non-hydrogen) atoms. The zero-order valence-corrected chi connectivity index (χ0v) is 22.4. The van der Waals surface area contributed by atoms with Crippen LogP contribution in [0.2, 0.25) is 0 Å². The Hall–Kier alpha value is -3.09. The van der Waals surface area contributed by atoms with Gasteiger partial charge in [0.1, 0.15) is 16.8 Å². The number of allylic oxidation sites excluding steroid dienone is 1. The number of carbonyl (C=O) groups is 1. The largest absolute Gasteiger partial charge is 0.483 e. The second-order valence-electron chi connectivity index (χ2n) is 8.89. The summed E-state index contributed by atoms with van der Waals surface area (Å²) in [7, 11) is 0. The Morgan fingerprint density at radius 1 is 1.33 bits per heavy atom. The number of anilines is 1. The third-order valence-electron chi connectivity index (χ3n) is 6.09. The molecule has 0 fully saturated rings. The van der Waals surface area contributed by atoms with Crippen LogP contribution in [-0.4, -0.2) is 26.4 Å². The van der Waals surface area contributed by atoms with Gasteiger partial charge in [0.2, 0.25) is 5.91 Å².